The van der Waals surface area contributed by atoms with Crippen LogP contribution in [-0.2, 0) is 116 Å². The van der Waals surface area contributed by atoms with Crippen molar-refractivity contribution in [3.8, 4) is 0 Å². The highest BCUT2D eigenvalue weighted by atomic mass is 127. The molecule has 4 heterocycles. The first kappa shape index (κ1) is 111. The summed E-state index contributed by atoms with van der Waals surface area (Å²) < 4.78 is 58.2. The van der Waals surface area contributed by atoms with Crippen molar-refractivity contribution >= 4 is 143 Å². The van der Waals surface area contributed by atoms with Gasteiger partial charge in [-0.3, -0.25) is 14.4 Å². The molecule has 4 aromatic rings. The van der Waals surface area contributed by atoms with Crippen LogP contribution in [0.1, 0.15) is 257 Å². The Hall–Kier alpha value is -5.49. The molecule has 24 nitrogen and oxygen atoms in total. The Balaban J connectivity index is -0.000000386. The molecule has 4 aliphatic carbocycles. The predicted octanol–water partition coefficient (Wildman–Crippen LogP) is 14.5. The number of carbonyl (C=O) groups is 4. The first-order valence-electron chi connectivity index (χ1n) is 32.6. The van der Waals surface area contributed by atoms with Crippen molar-refractivity contribution in [2.45, 2.75) is 244 Å². The van der Waals surface area contributed by atoms with E-state index in [2.05, 4.69) is 122 Å². The van der Waals surface area contributed by atoms with Gasteiger partial charge in [-0.05, 0) is 183 Å². The van der Waals surface area contributed by atoms with Crippen molar-refractivity contribution < 1.29 is 115 Å². The molecule has 0 atom stereocenters. The quantitative estimate of drug-likeness (QED) is 0.0418. The summed E-state index contributed by atoms with van der Waals surface area (Å²) in [5.74, 6) is 0.103. The smallest absolute Gasteiger partial charge is 0.478 e. The van der Waals surface area contributed by atoms with Crippen molar-refractivity contribution in [2.75, 3.05) is 39.6 Å². The van der Waals surface area contributed by atoms with E-state index in [4.69, 9.17) is 90.7 Å². The normalized spacial score (nSPS) is 16.4. The first-order chi connectivity index (χ1) is 47.1. The Labute approximate surface area is 675 Å². The van der Waals surface area contributed by atoms with Gasteiger partial charge < -0.3 is 67.0 Å². The molecule has 4 N–H and O–H groups in total. The number of carbonyl (C=O) groups excluding carboxylic acids is 9. The Morgan fingerprint density at radius 2 is 0.824 bits per heavy atom. The molecule has 0 amide bonds. The molecule has 0 spiro atoms. The van der Waals surface area contributed by atoms with Gasteiger partial charge >= 0.3 is 77.7 Å². The fourth-order valence-corrected chi connectivity index (χ4v) is 12.5. The van der Waals surface area contributed by atoms with Gasteiger partial charge in [-0.25, -0.2) is 4.79 Å². The van der Waals surface area contributed by atoms with Gasteiger partial charge in [0.25, 0.3) is 0 Å². The molecular formula is C76H120B5Br2IO24. The van der Waals surface area contributed by atoms with Crippen LogP contribution in [0.3, 0.4) is 0 Å². The summed E-state index contributed by atoms with van der Waals surface area (Å²) in [5.41, 5.74) is 13.6. The number of hydrogen-bond donors (Lipinski definition) is 4. The van der Waals surface area contributed by atoms with Gasteiger partial charge in [0, 0.05) is 100 Å². The van der Waals surface area contributed by atoms with Crippen LogP contribution in [0.25, 0.3) is 0 Å². The molecule has 12 rings (SSSR count). The summed E-state index contributed by atoms with van der Waals surface area (Å²) >= 11 is 9.38. The number of aryl methyl sites for hydroxylation is 3. The molecule has 0 unspecified atom stereocenters. The second kappa shape index (κ2) is 53.5. The highest BCUT2D eigenvalue weighted by molar-refractivity contribution is 14.1. The van der Waals surface area contributed by atoms with Gasteiger partial charge in [0.15, 0.2) is 0 Å². The number of carboxylic acid groups (broad SMARTS) is 1. The minimum atomic E-state index is -1.04. The third kappa shape index (κ3) is 37.7. The lowest BCUT2D eigenvalue weighted by Crippen LogP contribution is -2.56. The van der Waals surface area contributed by atoms with Crippen molar-refractivity contribution in [3.63, 3.8) is 0 Å². The van der Waals surface area contributed by atoms with Crippen LogP contribution in [-0.4, -0.2) is 138 Å². The Bertz CT molecular complexity index is 3430. The van der Waals surface area contributed by atoms with Crippen LogP contribution in [0.5, 0.6) is 0 Å². The minimum Gasteiger partial charge on any atom is -0.478 e. The molecule has 32 heteroatoms. The number of carboxylic acids is 1. The number of esters is 3. The third-order valence-corrected chi connectivity index (χ3v) is 20.2. The van der Waals surface area contributed by atoms with E-state index in [9.17, 15) is 24.2 Å². The Morgan fingerprint density at radius 1 is 0.491 bits per heavy atom. The van der Waals surface area contributed by atoms with Crippen molar-refractivity contribution in [1.29, 1.82) is 0 Å². The van der Waals surface area contributed by atoms with Crippen LogP contribution in [0.15, 0.2) is 57.5 Å². The van der Waals surface area contributed by atoms with E-state index in [-0.39, 0.29) is 151 Å². The molecule has 4 aliphatic heterocycles. The van der Waals surface area contributed by atoms with Gasteiger partial charge in [0.1, 0.15) is 19.8 Å². The summed E-state index contributed by atoms with van der Waals surface area (Å²) in [4.78, 5) is 92.5. The summed E-state index contributed by atoms with van der Waals surface area (Å²) in [6.45, 7) is 28.8. The van der Waals surface area contributed by atoms with Crippen LogP contribution in [0, 0.1) is 40.6 Å². The van der Waals surface area contributed by atoms with Crippen LogP contribution >= 0.6 is 54.5 Å². The largest absolute Gasteiger partial charge is 0.494 e. The standard InChI is InChI=1S/C18H25BO4.C13H15BrO2.C11H11BO4.C10H20B2O4.C10H10BrIO2.C3H7BO2.3CO2.8CH4/c1-12-5-6-15(9-21-13(2)20)17(16(12)14-7-8-14)19-22-10-18(3,4)11-23-19;1-8-3-4-11(7-16-9(2)15)13(14)12(8)10-5-6-10;13-11(14)8-4-3-7-5-16-12(15)10(7)9(8)6-1-2-6;1-9(2)5-13-11(14-6-9)12-15-7-10(3,4)8-16-12;1-6-3-4-8(5-14-7(2)13)9(11)10(6)12;5-4(6)3-1-2-3;3*2-1-3;;;;;;;;/h5-6,14H,7-11H2,1-4H3;3-4,10H,5-7H2,1-2H3;3-4,6,15H,1-2,5H2,(H,13,14);5-8H2,1-4H3;3-4H,5H2,1-2H3;3,5-6H,1-2H2;;;;8*1H4. The highest BCUT2D eigenvalue weighted by Crippen LogP contribution is 2.47. The topological polar surface area (TPSA) is 344 Å². The summed E-state index contributed by atoms with van der Waals surface area (Å²) in [5, 5.41) is 35.4. The second-order valence-corrected chi connectivity index (χ2v) is 30.1. The molecular weight excluding hydrogens is 1640 g/mol. The maximum atomic E-state index is 11.2. The zero-order valence-corrected chi connectivity index (χ0v) is 64.0. The highest BCUT2D eigenvalue weighted by Gasteiger charge is 2.48. The number of benzene rings is 4. The average Bonchev–Trinajstić information content (AvgIpc) is 1.64. The van der Waals surface area contributed by atoms with Gasteiger partial charge in [-0.1, -0.05) is 172 Å². The lowest BCUT2D eigenvalue weighted by molar-refractivity contribution is -0.193. The zero-order valence-electron chi connectivity index (χ0n) is 58.6. The van der Waals surface area contributed by atoms with Crippen LogP contribution < -0.4 is 10.9 Å². The number of hydrogen-bond acceptors (Lipinski definition) is 23. The number of halogens is 3. The maximum absolute atomic E-state index is 11.2. The monoisotopic (exact) mass is 1760 g/mol. The van der Waals surface area contributed by atoms with Gasteiger partial charge in [-0.15, -0.1) is 0 Å². The van der Waals surface area contributed by atoms with E-state index in [1.807, 2.05) is 31.2 Å². The predicted molar refractivity (Wildman–Crippen MR) is 436 cm³/mol. The molecule has 4 saturated carbocycles. The first-order valence-corrected chi connectivity index (χ1v) is 35.2. The van der Waals surface area contributed by atoms with Crippen molar-refractivity contribution in [3.05, 3.63) is 122 Å². The molecule has 0 bridgehead atoms. The van der Waals surface area contributed by atoms with E-state index in [1.165, 1.54) is 74.3 Å². The number of aromatic carboxylic acids is 1. The third-order valence-electron chi connectivity index (χ3n) is 16.2. The number of fused-ring (bicyclic) bond motifs is 1. The van der Waals surface area contributed by atoms with E-state index < -0.39 is 20.2 Å². The molecule has 7 fully saturated rings. The van der Waals surface area contributed by atoms with E-state index >= 15 is 0 Å². The summed E-state index contributed by atoms with van der Waals surface area (Å²) in [6, 6.07) is 15.6. The van der Waals surface area contributed by atoms with Crippen LogP contribution in [0.4, 0.5) is 0 Å². The van der Waals surface area contributed by atoms with E-state index in [0.29, 0.717) is 82.3 Å². The molecule has 3 saturated heterocycles. The minimum absolute atomic E-state index is 0. The number of rotatable bonds is 13. The Morgan fingerprint density at radius 3 is 1.18 bits per heavy atom. The lowest BCUT2D eigenvalue weighted by atomic mass is 9.47. The van der Waals surface area contributed by atoms with Gasteiger partial charge in [0.05, 0.1) is 12.2 Å². The fourth-order valence-electron chi connectivity index (χ4n) is 10.5. The average molecular weight is 1760 g/mol. The molecule has 604 valence electrons. The molecule has 4 aromatic carbocycles. The summed E-state index contributed by atoms with van der Waals surface area (Å²) in [6.07, 6.45) is 9.72. The molecule has 108 heavy (non-hydrogen) atoms. The second-order valence-electron chi connectivity index (χ2n) is 27.5. The Kier molecular flexibility index (Phi) is 55.0. The molecule has 0 radical (unpaired) electrons. The van der Waals surface area contributed by atoms with E-state index in [0.717, 1.165) is 71.5 Å². The van der Waals surface area contributed by atoms with Crippen molar-refractivity contribution in [2.24, 2.45) is 16.2 Å². The van der Waals surface area contributed by atoms with Crippen molar-refractivity contribution in [1.82, 2.24) is 0 Å². The fraction of sp³-hybridized carbons (Fsp3) is 0.592. The lowest BCUT2D eigenvalue weighted by Gasteiger charge is -2.38. The van der Waals surface area contributed by atoms with Crippen LogP contribution in [0.2, 0.25) is 5.82 Å². The zero-order chi connectivity index (χ0) is 74.8. The molecule has 0 aromatic heterocycles. The summed E-state index contributed by atoms with van der Waals surface area (Å²) in [7, 11) is -3.09. The van der Waals surface area contributed by atoms with E-state index in [1.54, 1.807) is 12.1 Å². The van der Waals surface area contributed by atoms with Gasteiger partial charge in [0.2, 0.25) is 0 Å². The maximum Gasteiger partial charge on any atom is 0.494 e. The SMILES string of the molecule is C.C.C.C.C.C.C.C.CC(=O)OCc1ccc(C)c(C2CC2)c1B1OCC(C)(C)CO1.CC(=O)OCc1ccc(C)c(C2CC2)c1Br.CC(=O)OCc1ccc(C)c(I)c1Br.CC1(C)COB(B2OCC(C)(C)CO2)OC1.O=C(O)c1ccc2c(c1C1CC1)B(O)OC2.O=C=O.O=C=O.O=C=O.OB(O)C1CC1. The molecule has 8 aliphatic rings. The van der Waals surface area contributed by atoms with Gasteiger partial charge in [-0.2, -0.15) is 28.8 Å². The number of ether oxygens (including phenoxy) is 3.